The van der Waals surface area contributed by atoms with Crippen LogP contribution in [0.5, 0.6) is 5.75 Å². The second-order valence-electron chi connectivity index (χ2n) is 8.80. The summed E-state index contributed by atoms with van der Waals surface area (Å²) in [6.07, 6.45) is -0.666. The third kappa shape index (κ3) is 5.76. The number of carbonyl (C=O) groups excluding carboxylic acids is 2. The highest BCUT2D eigenvalue weighted by molar-refractivity contribution is 6.06. The number of ether oxygens (including phenoxy) is 1. The van der Waals surface area contributed by atoms with Crippen molar-refractivity contribution in [2.45, 2.75) is 39.2 Å². The summed E-state index contributed by atoms with van der Waals surface area (Å²) in [5.41, 5.74) is 3.22. The van der Waals surface area contributed by atoms with Crippen molar-refractivity contribution in [3.05, 3.63) is 90.0 Å². The number of nitrogens with zero attached hydrogens (tertiary/aromatic N) is 1. The summed E-state index contributed by atoms with van der Waals surface area (Å²) in [7, 11) is 1.74. The van der Waals surface area contributed by atoms with Crippen molar-refractivity contribution in [2.75, 3.05) is 17.3 Å². The first-order valence-electron chi connectivity index (χ1n) is 10.7. The molecule has 3 aromatic rings. The molecule has 0 aliphatic carbocycles. The molecule has 1 atom stereocenters. The fraction of sp³-hybridized carbons (Fsp3) is 0.259. The van der Waals surface area contributed by atoms with Gasteiger partial charge in [0.1, 0.15) is 5.75 Å². The minimum absolute atomic E-state index is 0.0605. The summed E-state index contributed by atoms with van der Waals surface area (Å²) < 4.78 is 5.79. The average Bonchev–Trinajstić information content (AvgIpc) is 2.79. The Morgan fingerprint density at radius 2 is 1.47 bits per heavy atom. The summed E-state index contributed by atoms with van der Waals surface area (Å²) in [6, 6.07) is 24.1. The van der Waals surface area contributed by atoms with Crippen molar-refractivity contribution >= 4 is 23.2 Å². The Labute approximate surface area is 190 Å². The van der Waals surface area contributed by atoms with E-state index in [9.17, 15) is 9.59 Å². The Hall–Kier alpha value is -3.60. The van der Waals surface area contributed by atoms with Gasteiger partial charge in [-0.25, -0.2) is 0 Å². The van der Waals surface area contributed by atoms with E-state index in [-0.39, 0.29) is 17.2 Å². The molecule has 0 bridgehead atoms. The van der Waals surface area contributed by atoms with Crippen LogP contribution in [0.25, 0.3) is 0 Å². The molecule has 5 heteroatoms. The van der Waals surface area contributed by atoms with Gasteiger partial charge in [-0.15, -0.1) is 0 Å². The molecule has 0 aromatic heterocycles. The van der Waals surface area contributed by atoms with Crippen LogP contribution in [0, 0.1) is 0 Å². The number of hydrogen-bond donors (Lipinski definition) is 1. The van der Waals surface area contributed by atoms with Gasteiger partial charge in [0.05, 0.1) is 0 Å². The smallest absolute Gasteiger partial charge is 0.265 e. The van der Waals surface area contributed by atoms with Gasteiger partial charge in [-0.05, 0) is 66.4 Å². The lowest BCUT2D eigenvalue weighted by Gasteiger charge is -2.20. The molecule has 0 aliphatic heterocycles. The Morgan fingerprint density at radius 3 is 2.03 bits per heavy atom. The van der Waals surface area contributed by atoms with Gasteiger partial charge in [0.2, 0.25) is 0 Å². The summed E-state index contributed by atoms with van der Waals surface area (Å²) in [5.74, 6) is 0.264. The molecule has 0 fully saturated rings. The first-order chi connectivity index (χ1) is 15.1. The van der Waals surface area contributed by atoms with Gasteiger partial charge in [0, 0.05) is 24.0 Å². The second-order valence-corrected chi connectivity index (χ2v) is 8.80. The Balaban J connectivity index is 1.58. The Kier molecular flexibility index (Phi) is 6.98. The molecule has 166 valence electrons. The molecule has 32 heavy (non-hydrogen) atoms. The zero-order valence-corrected chi connectivity index (χ0v) is 19.3. The minimum Gasteiger partial charge on any atom is -0.481 e. The molecule has 3 rings (SSSR count). The van der Waals surface area contributed by atoms with Crippen LogP contribution in [0.15, 0.2) is 78.9 Å². The first kappa shape index (κ1) is 23.1. The zero-order valence-electron chi connectivity index (χ0n) is 19.3. The predicted octanol–water partition coefficient (Wildman–Crippen LogP) is 5.67. The fourth-order valence-corrected chi connectivity index (χ4v) is 3.19. The molecule has 0 aliphatic rings. The number of para-hydroxylation sites is 1. The summed E-state index contributed by atoms with van der Waals surface area (Å²) in [5, 5.41) is 2.84. The van der Waals surface area contributed by atoms with Crippen LogP contribution < -0.4 is 15.0 Å². The largest absolute Gasteiger partial charge is 0.481 e. The maximum absolute atomic E-state index is 12.7. The van der Waals surface area contributed by atoms with Crippen LogP contribution in [-0.2, 0) is 10.2 Å². The lowest BCUT2D eigenvalue weighted by molar-refractivity contribution is -0.122. The second kappa shape index (κ2) is 9.69. The van der Waals surface area contributed by atoms with Crippen molar-refractivity contribution in [2.24, 2.45) is 0 Å². The number of anilines is 2. The Morgan fingerprint density at radius 1 is 0.875 bits per heavy atom. The first-order valence-corrected chi connectivity index (χ1v) is 10.7. The lowest BCUT2D eigenvalue weighted by Crippen LogP contribution is -2.30. The highest BCUT2D eigenvalue weighted by Gasteiger charge is 2.18. The molecule has 0 saturated carbocycles. The topological polar surface area (TPSA) is 58.6 Å². The van der Waals surface area contributed by atoms with Crippen molar-refractivity contribution in [1.29, 1.82) is 0 Å². The van der Waals surface area contributed by atoms with Crippen molar-refractivity contribution < 1.29 is 14.3 Å². The Bertz CT molecular complexity index is 1050. The van der Waals surface area contributed by atoms with E-state index in [1.165, 1.54) is 5.56 Å². The van der Waals surface area contributed by atoms with Gasteiger partial charge >= 0.3 is 0 Å². The molecule has 0 spiro atoms. The molecule has 0 radical (unpaired) electrons. The summed E-state index contributed by atoms with van der Waals surface area (Å²) in [4.78, 5) is 26.8. The minimum atomic E-state index is -0.666. The van der Waals surface area contributed by atoms with Gasteiger partial charge in [-0.3, -0.25) is 9.59 Å². The third-order valence-corrected chi connectivity index (χ3v) is 5.25. The third-order valence-electron chi connectivity index (χ3n) is 5.25. The van der Waals surface area contributed by atoms with E-state index in [0.717, 1.165) is 5.69 Å². The van der Waals surface area contributed by atoms with Gasteiger partial charge in [-0.1, -0.05) is 51.1 Å². The zero-order chi connectivity index (χ0) is 23.3. The molecule has 0 heterocycles. The number of hydrogen-bond acceptors (Lipinski definition) is 3. The van der Waals surface area contributed by atoms with Crippen molar-refractivity contribution in [1.82, 2.24) is 0 Å². The predicted molar refractivity (Wildman–Crippen MR) is 129 cm³/mol. The number of amides is 2. The normalized spacial score (nSPS) is 12.0. The fourth-order valence-electron chi connectivity index (χ4n) is 3.19. The molecule has 0 saturated heterocycles. The number of carbonyl (C=O) groups is 2. The molecular formula is C27H30N2O3. The maximum Gasteiger partial charge on any atom is 0.265 e. The van der Waals surface area contributed by atoms with Crippen molar-refractivity contribution in [3.63, 3.8) is 0 Å². The monoisotopic (exact) mass is 430 g/mol. The van der Waals surface area contributed by atoms with Crippen LogP contribution in [0.2, 0.25) is 0 Å². The van der Waals surface area contributed by atoms with Gasteiger partial charge in [-0.2, -0.15) is 0 Å². The molecule has 2 amide bonds. The van der Waals surface area contributed by atoms with Crippen molar-refractivity contribution in [3.8, 4) is 5.75 Å². The van der Waals surface area contributed by atoms with Crippen LogP contribution in [0.4, 0.5) is 11.4 Å². The maximum atomic E-state index is 12.7. The van der Waals surface area contributed by atoms with Crippen LogP contribution in [-0.4, -0.2) is 25.0 Å². The lowest BCUT2D eigenvalue weighted by atomic mass is 9.87. The average molecular weight is 431 g/mol. The number of rotatable bonds is 6. The highest BCUT2D eigenvalue weighted by Crippen LogP contribution is 2.25. The number of nitrogens with one attached hydrogen (secondary N) is 1. The molecule has 3 aromatic carbocycles. The van der Waals surface area contributed by atoms with E-state index in [2.05, 4.69) is 26.1 Å². The van der Waals surface area contributed by atoms with E-state index < -0.39 is 6.10 Å². The van der Waals surface area contributed by atoms with Gasteiger partial charge < -0.3 is 15.0 Å². The van der Waals surface area contributed by atoms with Crippen LogP contribution in [0.3, 0.4) is 0 Å². The van der Waals surface area contributed by atoms with E-state index >= 15 is 0 Å². The van der Waals surface area contributed by atoms with E-state index in [0.29, 0.717) is 17.0 Å². The number of benzene rings is 3. The quantitative estimate of drug-likeness (QED) is 0.548. The molecule has 1 unspecified atom stereocenters. The van der Waals surface area contributed by atoms with Gasteiger partial charge in [0.25, 0.3) is 11.8 Å². The van der Waals surface area contributed by atoms with Crippen LogP contribution in [0.1, 0.15) is 43.6 Å². The standard InChI is InChI=1S/C27H30N2O3/c1-19(32-24-17-13-21(14-18-24)27(2,3)4)25(30)28-22-15-11-20(12-16-22)26(31)29(5)23-9-7-6-8-10-23/h6-19H,1-5H3,(H,28,30). The summed E-state index contributed by atoms with van der Waals surface area (Å²) >= 11 is 0. The van der Waals surface area contributed by atoms with E-state index in [4.69, 9.17) is 4.74 Å². The summed E-state index contributed by atoms with van der Waals surface area (Å²) in [6.45, 7) is 8.16. The molecule has 1 N–H and O–H groups in total. The molecular weight excluding hydrogens is 400 g/mol. The van der Waals surface area contributed by atoms with Crippen LogP contribution >= 0.6 is 0 Å². The molecule has 5 nitrogen and oxygen atoms in total. The van der Waals surface area contributed by atoms with E-state index in [1.807, 2.05) is 54.6 Å². The van der Waals surface area contributed by atoms with E-state index in [1.54, 1.807) is 43.1 Å². The SMILES string of the molecule is CC(Oc1ccc(C(C)(C)C)cc1)C(=O)Nc1ccc(C(=O)N(C)c2ccccc2)cc1. The highest BCUT2D eigenvalue weighted by atomic mass is 16.5. The van der Waals surface area contributed by atoms with Gasteiger partial charge in [0.15, 0.2) is 6.10 Å².